The number of anilines is 2. The van der Waals surface area contributed by atoms with Crippen LogP contribution in [0.15, 0.2) is 78.0 Å². The highest BCUT2D eigenvalue weighted by molar-refractivity contribution is 6.31. The van der Waals surface area contributed by atoms with Crippen molar-refractivity contribution in [2.24, 2.45) is 4.99 Å². The molecule has 0 saturated carbocycles. The molecule has 0 radical (unpaired) electrons. The Labute approximate surface area is 169 Å². The number of rotatable bonds is 3. The first-order valence-corrected chi connectivity index (χ1v) is 9.45. The highest BCUT2D eigenvalue weighted by atomic mass is 35.5. The monoisotopic (exact) mass is 392 g/mol. The predicted octanol–water partition coefficient (Wildman–Crippen LogP) is 4.70. The number of nitrogens with zero attached hydrogens (tertiary/aromatic N) is 4. The van der Waals surface area contributed by atoms with Crippen molar-refractivity contribution in [1.82, 2.24) is 9.88 Å². The first-order valence-electron chi connectivity index (χ1n) is 9.07. The molecule has 2 aromatic carbocycles. The Morgan fingerprint density at radius 1 is 1.11 bits per heavy atom. The van der Waals surface area contributed by atoms with Gasteiger partial charge in [0.15, 0.2) is 0 Å². The van der Waals surface area contributed by atoms with Gasteiger partial charge in [0.25, 0.3) is 0 Å². The largest absolute Gasteiger partial charge is 0.355 e. The third-order valence-corrected chi connectivity index (χ3v) is 4.82. The fourth-order valence-corrected chi connectivity index (χ4v) is 3.47. The van der Waals surface area contributed by atoms with Gasteiger partial charge < -0.3 is 14.5 Å². The Morgan fingerprint density at radius 2 is 1.96 bits per heavy atom. The van der Waals surface area contributed by atoms with Gasteiger partial charge in [-0.15, -0.1) is 0 Å². The van der Waals surface area contributed by atoms with E-state index in [1.807, 2.05) is 55.7 Å². The lowest BCUT2D eigenvalue weighted by Gasteiger charge is -2.31. The summed E-state index contributed by atoms with van der Waals surface area (Å²) in [6.45, 7) is 1.39. The van der Waals surface area contributed by atoms with Crippen LogP contribution in [0.5, 0.6) is 0 Å². The molecule has 1 aliphatic heterocycles. The van der Waals surface area contributed by atoms with Crippen LogP contribution in [0.4, 0.5) is 11.4 Å². The summed E-state index contributed by atoms with van der Waals surface area (Å²) in [6, 6.07) is 20.0. The third-order valence-electron chi connectivity index (χ3n) is 4.59. The number of fused-ring (bicyclic) bond motifs is 1. The SMILES string of the molecule is CN(Cc1cccnc1)/C1=N/COCN(c2ccccc2)c2cc(Cl)ccc21. The van der Waals surface area contributed by atoms with Gasteiger partial charge >= 0.3 is 0 Å². The lowest BCUT2D eigenvalue weighted by Crippen LogP contribution is -2.32. The zero-order valence-corrected chi connectivity index (χ0v) is 16.4. The molecule has 0 bridgehead atoms. The van der Waals surface area contributed by atoms with Crippen molar-refractivity contribution >= 4 is 28.8 Å². The van der Waals surface area contributed by atoms with E-state index in [-0.39, 0.29) is 6.73 Å². The van der Waals surface area contributed by atoms with Crippen LogP contribution < -0.4 is 4.90 Å². The Hall–Kier alpha value is -2.89. The fraction of sp³-hybridized carbons (Fsp3) is 0.182. The summed E-state index contributed by atoms with van der Waals surface area (Å²) in [5.41, 5.74) is 4.14. The van der Waals surface area contributed by atoms with Crippen LogP contribution >= 0.6 is 11.6 Å². The lowest BCUT2D eigenvalue weighted by molar-refractivity contribution is 0.147. The summed E-state index contributed by atoms with van der Waals surface area (Å²) in [5.74, 6) is 0.858. The van der Waals surface area contributed by atoms with E-state index in [9.17, 15) is 0 Å². The average Bonchev–Trinajstić information content (AvgIpc) is 2.71. The van der Waals surface area contributed by atoms with Crippen molar-refractivity contribution in [3.63, 3.8) is 0 Å². The van der Waals surface area contributed by atoms with Gasteiger partial charge in [0.2, 0.25) is 0 Å². The van der Waals surface area contributed by atoms with Gasteiger partial charge in [-0.25, -0.2) is 4.99 Å². The Kier molecular flexibility index (Phi) is 5.55. The van der Waals surface area contributed by atoms with Crippen molar-refractivity contribution in [2.45, 2.75) is 6.54 Å². The number of benzene rings is 2. The van der Waals surface area contributed by atoms with Crippen molar-refractivity contribution in [3.8, 4) is 0 Å². The van der Waals surface area contributed by atoms with Crippen LogP contribution in [0.25, 0.3) is 0 Å². The molecular weight excluding hydrogens is 372 g/mol. The summed E-state index contributed by atoms with van der Waals surface area (Å²) in [4.78, 5) is 13.1. The quantitative estimate of drug-likeness (QED) is 0.648. The number of ether oxygens (including phenoxy) is 1. The van der Waals surface area contributed by atoms with Crippen molar-refractivity contribution < 1.29 is 4.74 Å². The molecule has 1 aliphatic rings. The van der Waals surface area contributed by atoms with E-state index in [0.29, 0.717) is 18.3 Å². The maximum atomic E-state index is 6.35. The summed E-state index contributed by atoms with van der Waals surface area (Å²) in [5, 5.41) is 0.675. The smallest absolute Gasteiger partial charge is 0.142 e. The molecule has 0 fully saturated rings. The van der Waals surface area contributed by atoms with Crippen molar-refractivity contribution in [3.05, 3.63) is 89.2 Å². The molecule has 2 heterocycles. The molecule has 0 unspecified atom stereocenters. The molecule has 0 amide bonds. The summed E-state index contributed by atoms with van der Waals surface area (Å²) < 4.78 is 5.83. The van der Waals surface area contributed by atoms with Crippen LogP contribution in [-0.2, 0) is 11.3 Å². The zero-order chi connectivity index (χ0) is 19.3. The number of aliphatic imine (C=N–C) groups is 1. The minimum atomic E-state index is 0.290. The summed E-state index contributed by atoms with van der Waals surface area (Å²) in [6.07, 6.45) is 3.65. The van der Waals surface area contributed by atoms with Crippen LogP contribution in [0, 0.1) is 0 Å². The van der Waals surface area contributed by atoms with Gasteiger partial charge in [-0.2, -0.15) is 0 Å². The van der Waals surface area contributed by atoms with Gasteiger partial charge in [0, 0.05) is 42.3 Å². The lowest BCUT2D eigenvalue weighted by atomic mass is 10.1. The van der Waals surface area contributed by atoms with E-state index in [2.05, 4.69) is 33.0 Å². The second-order valence-corrected chi connectivity index (χ2v) is 7.02. The molecule has 1 aromatic heterocycles. The fourth-order valence-electron chi connectivity index (χ4n) is 3.30. The van der Waals surface area contributed by atoms with Gasteiger partial charge in [0.1, 0.15) is 19.3 Å². The normalized spacial score (nSPS) is 15.8. The van der Waals surface area contributed by atoms with E-state index in [1.54, 1.807) is 6.20 Å². The number of halogens is 1. The molecule has 28 heavy (non-hydrogen) atoms. The predicted molar refractivity (Wildman–Crippen MR) is 113 cm³/mol. The van der Waals surface area contributed by atoms with E-state index < -0.39 is 0 Å². The summed E-state index contributed by atoms with van der Waals surface area (Å²) >= 11 is 6.35. The van der Waals surface area contributed by atoms with Crippen LogP contribution in [0.2, 0.25) is 5.02 Å². The minimum Gasteiger partial charge on any atom is -0.355 e. The van der Waals surface area contributed by atoms with E-state index in [0.717, 1.165) is 28.3 Å². The minimum absolute atomic E-state index is 0.290. The second kappa shape index (κ2) is 8.42. The molecule has 6 heteroatoms. The highest BCUT2D eigenvalue weighted by Crippen LogP contribution is 2.33. The Balaban J connectivity index is 1.75. The second-order valence-electron chi connectivity index (χ2n) is 6.59. The maximum Gasteiger partial charge on any atom is 0.142 e. The molecule has 0 N–H and O–H groups in total. The molecule has 0 atom stereocenters. The average molecular weight is 393 g/mol. The van der Waals surface area contributed by atoms with Crippen LogP contribution in [0.1, 0.15) is 11.1 Å². The number of amidine groups is 1. The molecule has 0 aliphatic carbocycles. The zero-order valence-electron chi connectivity index (χ0n) is 15.6. The number of para-hydroxylation sites is 1. The molecule has 5 nitrogen and oxygen atoms in total. The number of pyridine rings is 1. The van der Waals surface area contributed by atoms with E-state index in [4.69, 9.17) is 21.3 Å². The molecule has 3 aromatic rings. The molecule has 0 saturated heterocycles. The van der Waals surface area contributed by atoms with Crippen molar-refractivity contribution in [1.29, 1.82) is 0 Å². The van der Waals surface area contributed by atoms with Crippen LogP contribution in [-0.4, -0.2) is 36.2 Å². The van der Waals surface area contributed by atoms with Crippen LogP contribution in [0.3, 0.4) is 0 Å². The molecular formula is C22H21ClN4O. The molecule has 0 spiro atoms. The number of hydrogen-bond acceptors (Lipinski definition) is 5. The Morgan fingerprint density at radius 3 is 2.75 bits per heavy atom. The standard InChI is InChI=1S/C22H21ClN4O/c1-26(14-17-6-5-11-24-13-17)22-20-10-9-18(23)12-21(20)27(16-28-15-25-22)19-7-3-2-4-8-19/h2-13H,14-16H2,1H3/b25-22+. The summed E-state index contributed by atoms with van der Waals surface area (Å²) in [7, 11) is 2.03. The van der Waals surface area contributed by atoms with Gasteiger partial charge in [-0.05, 0) is 42.0 Å². The Bertz CT molecular complexity index is 963. The van der Waals surface area contributed by atoms with Gasteiger partial charge in [-0.3, -0.25) is 4.98 Å². The number of hydrogen-bond donors (Lipinski definition) is 0. The van der Waals surface area contributed by atoms with E-state index >= 15 is 0 Å². The number of aromatic nitrogens is 1. The van der Waals surface area contributed by atoms with E-state index in [1.165, 1.54) is 0 Å². The molecule has 142 valence electrons. The third kappa shape index (κ3) is 4.01. The topological polar surface area (TPSA) is 41.0 Å². The first-order chi connectivity index (χ1) is 13.7. The van der Waals surface area contributed by atoms with Gasteiger partial charge in [-0.1, -0.05) is 35.9 Å². The van der Waals surface area contributed by atoms with Gasteiger partial charge in [0.05, 0.1) is 5.69 Å². The maximum absolute atomic E-state index is 6.35. The molecule has 4 rings (SSSR count). The highest BCUT2D eigenvalue weighted by Gasteiger charge is 2.22. The first kappa shape index (κ1) is 18.5. The van der Waals surface area contributed by atoms with Crippen molar-refractivity contribution in [2.75, 3.05) is 25.4 Å².